The molecule has 0 saturated heterocycles. The van der Waals surface area contributed by atoms with Gasteiger partial charge in [0, 0.05) is 18.5 Å². The van der Waals surface area contributed by atoms with Crippen molar-refractivity contribution in [1.29, 1.82) is 0 Å². The van der Waals surface area contributed by atoms with E-state index in [1.807, 2.05) is 24.3 Å². The van der Waals surface area contributed by atoms with E-state index in [0.29, 0.717) is 6.61 Å². The lowest BCUT2D eigenvalue weighted by Crippen LogP contribution is -1.98. The molecule has 0 aliphatic carbocycles. The zero-order valence-electron chi connectivity index (χ0n) is 9.92. The van der Waals surface area contributed by atoms with Gasteiger partial charge in [-0.25, -0.2) is 4.79 Å². The lowest BCUT2D eigenvalue weighted by Gasteiger charge is -1.98. The van der Waals surface area contributed by atoms with Crippen LogP contribution < -0.4 is 4.74 Å². The number of hydrogen-bond acceptors (Lipinski definition) is 4. The number of methoxy groups -OCH3 is 1. The van der Waals surface area contributed by atoms with Crippen LogP contribution in [0.25, 0.3) is 0 Å². The molecule has 0 bridgehead atoms. The molecule has 0 atom stereocenters. The maximum absolute atomic E-state index is 10.9. The van der Waals surface area contributed by atoms with E-state index in [1.165, 1.54) is 12.3 Å². The highest BCUT2D eigenvalue weighted by molar-refractivity contribution is 5.83. The van der Waals surface area contributed by atoms with Gasteiger partial charge in [0.05, 0.1) is 13.7 Å². The highest BCUT2D eigenvalue weighted by atomic mass is 16.5. The van der Waals surface area contributed by atoms with Crippen LogP contribution in [0.1, 0.15) is 12.5 Å². The van der Waals surface area contributed by atoms with E-state index in [9.17, 15) is 4.79 Å². The number of carbonyl (C=O) groups is 1. The summed E-state index contributed by atoms with van der Waals surface area (Å²) in [6.07, 6.45) is 4.33. The Hall–Kier alpha value is -2.10. The molecule has 1 aromatic rings. The van der Waals surface area contributed by atoms with E-state index >= 15 is 0 Å². The topological polar surface area (TPSA) is 47.9 Å². The summed E-state index contributed by atoms with van der Waals surface area (Å²) in [5.74, 6) is 0.406. The Kier molecular flexibility index (Phi) is 5.51. The number of aliphatic imine (C=N–C) groups is 1. The molecular weight excluding hydrogens is 218 g/mol. The summed E-state index contributed by atoms with van der Waals surface area (Å²) in [6, 6.07) is 7.44. The summed E-state index contributed by atoms with van der Waals surface area (Å²) in [5, 5.41) is 0. The first kappa shape index (κ1) is 13.0. The van der Waals surface area contributed by atoms with Gasteiger partial charge in [-0.1, -0.05) is 0 Å². The van der Waals surface area contributed by atoms with E-state index in [1.54, 1.807) is 20.2 Å². The third-order valence-electron chi connectivity index (χ3n) is 1.92. The van der Waals surface area contributed by atoms with Crippen molar-refractivity contribution in [2.45, 2.75) is 6.92 Å². The van der Waals surface area contributed by atoms with Crippen molar-refractivity contribution in [1.82, 2.24) is 0 Å². The van der Waals surface area contributed by atoms with Crippen molar-refractivity contribution in [3.8, 4) is 5.75 Å². The number of nitrogens with zero attached hydrogens (tertiary/aromatic N) is 1. The molecule has 17 heavy (non-hydrogen) atoms. The second-order valence-corrected chi connectivity index (χ2v) is 3.12. The molecular formula is C13H15NO3. The van der Waals surface area contributed by atoms with Crippen molar-refractivity contribution in [3.05, 3.63) is 42.1 Å². The van der Waals surface area contributed by atoms with Crippen molar-refractivity contribution in [2.24, 2.45) is 4.99 Å². The Morgan fingerprint density at radius 1 is 1.35 bits per heavy atom. The number of esters is 1. The molecule has 4 nitrogen and oxygen atoms in total. The van der Waals surface area contributed by atoms with E-state index in [-0.39, 0.29) is 5.97 Å². The summed E-state index contributed by atoms with van der Waals surface area (Å²) >= 11 is 0. The molecule has 90 valence electrons. The highest BCUT2D eigenvalue weighted by Gasteiger charge is 1.91. The summed E-state index contributed by atoms with van der Waals surface area (Å²) in [4.78, 5) is 14.9. The molecule has 0 spiro atoms. The van der Waals surface area contributed by atoms with Crippen LogP contribution in [0.4, 0.5) is 0 Å². The molecule has 0 aromatic heterocycles. The minimum Gasteiger partial charge on any atom is -0.497 e. The Balaban J connectivity index is 2.50. The third-order valence-corrected chi connectivity index (χ3v) is 1.92. The summed E-state index contributed by atoms with van der Waals surface area (Å²) in [6.45, 7) is 2.12. The predicted octanol–water partition coefficient (Wildman–Crippen LogP) is 2.19. The average molecular weight is 233 g/mol. The molecule has 1 aromatic carbocycles. The number of hydrogen-bond donors (Lipinski definition) is 0. The molecule has 0 N–H and O–H groups in total. The van der Waals surface area contributed by atoms with Crippen LogP contribution in [-0.2, 0) is 9.53 Å². The Morgan fingerprint density at radius 2 is 2.06 bits per heavy atom. The van der Waals surface area contributed by atoms with Gasteiger partial charge in [-0.05, 0) is 36.8 Å². The van der Waals surface area contributed by atoms with Gasteiger partial charge in [0.1, 0.15) is 5.75 Å². The lowest BCUT2D eigenvalue weighted by atomic mass is 10.2. The van der Waals surface area contributed by atoms with Crippen LogP contribution in [0.3, 0.4) is 0 Å². The molecule has 0 aliphatic rings. The molecule has 1 rings (SSSR count). The average Bonchev–Trinajstić information content (AvgIpc) is 2.36. The SMILES string of the molecule is CCOC(=O)/C=C/N=Cc1ccc(OC)cc1. The summed E-state index contributed by atoms with van der Waals surface area (Å²) in [7, 11) is 1.62. The largest absolute Gasteiger partial charge is 0.497 e. The first-order valence-electron chi connectivity index (χ1n) is 5.26. The molecule has 0 unspecified atom stereocenters. The number of carbonyl (C=O) groups excluding carboxylic acids is 1. The second kappa shape index (κ2) is 7.22. The van der Waals surface area contributed by atoms with E-state index in [0.717, 1.165) is 11.3 Å². The Labute approximate surface area is 101 Å². The molecule has 0 aliphatic heterocycles. The molecule has 0 heterocycles. The van der Waals surface area contributed by atoms with Crippen molar-refractivity contribution >= 4 is 12.2 Å². The fraction of sp³-hybridized carbons (Fsp3) is 0.231. The Bertz CT molecular complexity index is 407. The van der Waals surface area contributed by atoms with Crippen molar-refractivity contribution < 1.29 is 14.3 Å². The van der Waals surface area contributed by atoms with Crippen LogP contribution in [0.15, 0.2) is 41.5 Å². The van der Waals surface area contributed by atoms with Crippen molar-refractivity contribution in [3.63, 3.8) is 0 Å². The van der Waals surface area contributed by atoms with Gasteiger partial charge >= 0.3 is 5.97 Å². The summed E-state index contributed by atoms with van der Waals surface area (Å²) in [5.41, 5.74) is 0.930. The third kappa shape index (κ3) is 4.97. The smallest absolute Gasteiger partial charge is 0.332 e. The van der Waals surface area contributed by atoms with E-state index < -0.39 is 0 Å². The van der Waals surface area contributed by atoms with Gasteiger partial charge < -0.3 is 9.47 Å². The standard InChI is InChI=1S/C13H15NO3/c1-3-17-13(15)8-9-14-10-11-4-6-12(16-2)7-5-11/h4-10H,3H2,1-2H3/b9-8+,14-10?. The van der Waals surface area contributed by atoms with Crippen LogP contribution in [0.2, 0.25) is 0 Å². The van der Waals surface area contributed by atoms with Gasteiger partial charge in [0.2, 0.25) is 0 Å². The van der Waals surface area contributed by atoms with Gasteiger partial charge in [-0.3, -0.25) is 4.99 Å². The van der Waals surface area contributed by atoms with Gasteiger partial charge in [0.25, 0.3) is 0 Å². The van der Waals surface area contributed by atoms with Crippen molar-refractivity contribution in [2.75, 3.05) is 13.7 Å². The fourth-order valence-corrected chi connectivity index (χ4v) is 1.11. The first-order valence-corrected chi connectivity index (χ1v) is 5.26. The van der Waals surface area contributed by atoms with Gasteiger partial charge in [0.15, 0.2) is 0 Å². The molecule has 0 amide bonds. The van der Waals surface area contributed by atoms with Crippen LogP contribution in [0, 0.1) is 0 Å². The zero-order valence-corrected chi connectivity index (χ0v) is 9.92. The van der Waals surface area contributed by atoms with E-state index in [4.69, 9.17) is 9.47 Å². The fourth-order valence-electron chi connectivity index (χ4n) is 1.11. The first-order chi connectivity index (χ1) is 8.26. The molecule has 4 heteroatoms. The minimum absolute atomic E-state index is 0.366. The van der Waals surface area contributed by atoms with Crippen LogP contribution >= 0.6 is 0 Å². The summed E-state index contributed by atoms with van der Waals surface area (Å²) < 4.78 is 9.74. The maximum Gasteiger partial charge on any atom is 0.332 e. The zero-order chi connectivity index (χ0) is 12.5. The number of benzene rings is 1. The number of rotatable bonds is 5. The van der Waals surface area contributed by atoms with Crippen LogP contribution in [-0.4, -0.2) is 25.9 Å². The van der Waals surface area contributed by atoms with Gasteiger partial charge in [-0.2, -0.15) is 0 Å². The Morgan fingerprint density at radius 3 is 2.65 bits per heavy atom. The second-order valence-electron chi connectivity index (χ2n) is 3.12. The van der Waals surface area contributed by atoms with Gasteiger partial charge in [-0.15, -0.1) is 0 Å². The molecule has 0 fully saturated rings. The molecule has 0 saturated carbocycles. The van der Waals surface area contributed by atoms with Crippen LogP contribution in [0.5, 0.6) is 5.75 Å². The molecule has 0 radical (unpaired) electrons. The lowest BCUT2D eigenvalue weighted by molar-refractivity contribution is -0.137. The quantitative estimate of drug-likeness (QED) is 0.445. The van der Waals surface area contributed by atoms with E-state index in [2.05, 4.69) is 4.99 Å². The minimum atomic E-state index is -0.389. The number of ether oxygens (including phenoxy) is 2. The monoisotopic (exact) mass is 233 g/mol. The maximum atomic E-state index is 10.9. The normalized spacial score (nSPS) is 10.9. The highest BCUT2D eigenvalue weighted by Crippen LogP contribution is 2.09. The predicted molar refractivity (Wildman–Crippen MR) is 66.4 cm³/mol.